The second-order valence-corrected chi connectivity index (χ2v) is 4.27. The van der Waals surface area contributed by atoms with E-state index in [1.807, 2.05) is 0 Å². The minimum absolute atomic E-state index is 0.0717. The molecule has 0 aliphatic heterocycles. The Morgan fingerprint density at radius 3 is 2.50 bits per heavy atom. The number of hydrogen-bond acceptors (Lipinski definition) is 3. The Bertz CT molecular complexity index is 297. The maximum Gasteiger partial charge on any atom is 0.0589 e. The molecule has 3 nitrogen and oxygen atoms in total. The zero-order valence-corrected chi connectivity index (χ0v) is 10.4. The number of aryl methyl sites for hydroxylation is 1. The summed E-state index contributed by atoms with van der Waals surface area (Å²) in [7, 11) is 3.78. The van der Waals surface area contributed by atoms with Crippen LogP contribution in [0.3, 0.4) is 0 Å². The molecule has 1 unspecified atom stereocenters. The number of nitrogens with zero attached hydrogens (tertiary/aromatic N) is 1. The maximum absolute atomic E-state index is 6.14. The van der Waals surface area contributed by atoms with Gasteiger partial charge < -0.3 is 15.4 Å². The van der Waals surface area contributed by atoms with Gasteiger partial charge in [-0.1, -0.05) is 29.8 Å². The zero-order valence-electron chi connectivity index (χ0n) is 10.4. The summed E-state index contributed by atoms with van der Waals surface area (Å²) >= 11 is 0. The van der Waals surface area contributed by atoms with Crippen molar-refractivity contribution in [3.8, 4) is 0 Å². The molecule has 1 aromatic rings. The van der Waals surface area contributed by atoms with E-state index in [0.29, 0.717) is 0 Å². The van der Waals surface area contributed by atoms with Crippen molar-refractivity contribution >= 4 is 0 Å². The molecule has 2 N–H and O–H groups in total. The summed E-state index contributed by atoms with van der Waals surface area (Å²) in [6, 6.07) is 8.48. The molecule has 0 aromatic heterocycles. The number of benzene rings is 1. The van der Waals surface area contributed by atoms with E-state index >= 15 is 0 Å². The van der Waals surface area contributed by atoms with Crippen LogP contribution in [0.15, 0.2) is 24.3 Å². The molecular formula is C13H22N2O. The summed E-state index contributed by atoms with van der Waals surface area (Å²) in [5.41, 5.74) is 8.59. The third kappa shape index (κ3) is 4.31. The van der Waals surface area contributed by atoms with Crippen LogP contribution < -0.4 is 5.73 Å². The maximum atomic E-state index is 6.14. The summed E-state index contributed by atoms with van der Waals surface area (Å²) in [5, 5.41) is 0. The van der Waals surface area contributed by atoms with E-state index in [2.05, 4.69) is 43.1 Å². The highest BCUT2D eigenvalue weighted by atomic mass is 16.5. The molecule has 3 heteroatoms. The summed E-state index contributed by atoms with van der Waals surface area (Å²) in [5.74, 6) is 0. The molecule has 0 saturated carbocycles. The van der Waals surface area contributed by atoms with Crippen molar-refractivity contribution in [2.45, 2.75) is 13.0 Å². The van der Waals surface area contributed by atoms with E-state index in [4.69, 9.17) is 10.5 Å². The second kappa shape index (κ2) is 6.63. The van der Waals surface area contributed by atoms with Crippen LogP contribution in [0.4, 0.5) is 0 Å². The van der Waals surface area contributed by atoms with Gasteiger partial charge in [-0.25, -0.2) is 0 Å². The molecule has 0 fully saturated rings. The van der Waals surface area contributed by atoms with Crippen molar-refractivity contribution < 1.29 is 4.74 Å². The third-order valence-corrected chi connectivity index (χ3v) is 2.69. The fourth-order valence-corrected chi connectivity index (χ4v) is 1.59. The Morgan fingerprint density at radius 1 is 1.31 bits per heavy atom. The molecule has 0 bridgehead atoms. The zero-order chi connectivity index (χ0) is 12.0. The van der Waals surface area contributed by atoms with Gasteiger partial charge in [-0.2, -0.15) is 0 Å². The highest BCUT2D eigenvalue weighted by Gasteiger charge is 2.08. The van der Waals surface area contributed by atoms with Crippen LogP contribution >= 0.6 is 0 Å². The first-order valence-corrected chi connectivity index (χ1v) is 5.63. The van der Waals surface area contributed by atoms with Crippen molar-refractivity contribution in [3.63, 3.8) is 0 Å². The summed E-state index contributed by atoms with van der Waals surface area (Å²) in [6.45, 7) is 4.60. The second-order valence-electron chi connectivity index (χ2n) is 4.27. The average molecular weight is 222 g/mol. The number of likely N-dealkylation sites (N-methyl/N-ethyl adjacent to an activating group) is 1. The lowest BCUT2D eigenvalue weighted by Crippen LogP contribution is -2.31. The van der Waals surface area contributed by atoms with Crippen molar-refractivity contribution in [3.05, 3.63) is 35.4 Å². The first-order valence-electron chi connectivity index (χ1n) is 5.63. The van der Waals surface area contributed by atoms with Gasteiger partial charge in [0.05, 0.1) is 6.61 Å². The lowest BCUT2D eigenvalue weighted by molar-refractivity contribution is 0.158. The monoisotopic (exact) mass is 222 g/mol. The quantitative estimate of drug-likeness (QED) is 0.794. The Hall–Kier alpha value is -0.900. The molecule has 0 aliphatic rings. The molecule has 0 saturated heterocycles. The van der Waals surface area contributed by atoms with E-state index in [1.165, 1.54) is 11.1 Å². The Labute approximate surface area is 98.2 Å². The number of ether oxygens (including phenoxy) is 1. The lowest BCUT2D eigenvalue weighted by Gasteiger charge is -2.21. The van der Waals surface area contributed by atoms with Crippen molar-refractivity contribution in [1.82, 2.24) is 4.90 Å². The SMILES string of the molecule is COCCN(C)CC(N)c1ccc(C)cc1. The van der Waals surface area contributed by atoms with Gasteiger partial charge in [0, 0.05) is 26.2 Å². The predicted octanol–water partition coefficient (Wildman–Crippen LogP) is 1.57. The Balaban J connectivity index is 2.45. The highest BCUT2D eigenvalue weighted by Crippen LogP contribution is 2.12. The number of nitrogens with two attached hydrogens (primary N) is 1. The number of methoxy groups -OCH3 is 1. The predicted molar refractivity (Wildman–Crippen MR) is 67.5 cm³/mol. The van der Waals surface area contributed by atoms with Gasteiger partial charge in [-0.05, 0) is 19.5 Å². The first-order chi connectivity index (χ1) is 7.63. The van der Waals surface area contributed by atoms with Crippen molar-refractivity contribution in [2.75, 3.05) is 33.9 Å². The van der Waals surface area contributed by atoms with Crippen molar-refractivity contribution in [2.24, 2.45) is 5.73 Å². The molecule has 0 heterocycles. The number of rotatable bonds is 6. The van der Waals surface area contributed by atoms with Gasteiger partial charge in [0.15, 0.2) is 0 Å². The Morgan fingerprint density at radius 2 is 1.94 bits per heavy atom. The van der Waals surface area contributed by atoms with Crippen LogP contribution in [0.1, 0.15) is 17.2 Å². The summed E-state index contributed by atoms with van der Waals surface area (Å²) in [4.78, 5) is 2.19. The summed E-state index contributed by atoms with van der Waals surface area (Å²) < 4.78 is 5.03. The fourth-order valence-electron chi connectivity index (χ4n) is 1.59. The van der Waals surface area contributed by atoms with E-state index < -0.39 is 0 Å². The van der Waals surface area contributed by atoms with Crippen LogP contribution in [0.2, 0.25) is 0 Å². The van der Waals surface area contributed by atoms with Gasteiger partial charge in [-0.3, -0.25) is 0 Å². The molecule has 16 heavy (non-hydrogen) atoms. The minimum Gasteiger partial charge on any atom is -0.383 e. The number of hydrogen-bond donors (Lipinski definition) is 1. The molecule has 1 atom stereocenters. The molecule has 1 aromatic carbocycles. The molecule has 90 valence electrons. The smallest absolute Gasteiger partial charge is 0.0589 e. The van der Waals surface area contributed by atoms with Gasteiger partial charge in [0.1, 0.15) is 0 Å². The molecule has 0 spiro atoms. The molecular weight excluding hydrogens is 200 g/mol. The molecule has 0 amide bonds. The van der Waals surface area contributed by atoms with E-state index in [0.717, 1.165) is 19.7 Å². The van der Waals surface area contributed by atoms with Gasteiger partial charge in [0.2, 0.25) is 0 Å². The largest absolute Gasteiger partial charge is 0.383 e. The highest BCUT2D eigenvalue weighted by molar-refractivity contribution is 5.24. The van der Waals surface area contributed by atoms with Gasteiger partial charge in [-0.15, -0.1) is 0 Å². The van der Waals surface area contributed by atoms with Crippen LogP contribution in [0.25, 0.3) is 0 Å². The fraction of sp³-hybridized carbons (Fsp3) is 0.538. The first kappa shape index (κ1) is 13.2. The minimum atomic E-state index is 0.0717. The van der Waals surface area contributed by atoms with Crippen LogP contribution in [-0.4, -0.2) is 38.8 Å². The lowest BCUT2D eigenvalue weighted by atomic mass is 10.1. The topological polar surface area (TPSA) is 38.5 Å². The third-order valence-electron chi connectivity index (χ3n) is 2.69. The van der Waals surface area contributed by atoms with E-state index in [9.17, 15) is 0 Å². The van der Waals surface area contributed by atoms with E-state index in [-0.39, 0.29) is 6.04 Å². The van der Waals surface area contributed by atoms with Gasteiger partial charge >= 0.3 is 0 Å². The van der Waals surface area contributed by atoms with Crippen LogP contribution in [-0.2, 0) is 4.74 Å². The molecule has 0 aliphatic carbocycles. The standard InChI is InChI=1S/C13H22N2O/c1-11-4-6-12(7-5-11)13(14)10-15(2)8-9-16-3/h4-7,13H,8-10,14H2,1-3H3. The Kier molecular flexibility index (Phi) is 5.46. The van der Waals surface area contributed by atoms with E-state index in [1.54, 1.807) is 7.11 Å². The van der Waals surface area contributed by atoms with Crippen molar-refractivity contribution in [1.29, 1.82) is 0 Å². The normalized spacial score (nSPS) is 13.1. The van der Waals surface area contributed by atoms with Gasteiger partial charge in [0.25, 0.3) is 0 Å². The average Bonchev–Trinajstić information content (AvgIpc) is 2.27. The van der Waals surface area contributed by atoms with Crippen LogP contribution in [0.5, 0.6) is 0 Å². The molecule has 1 rings (SSSR count). The van der Waals surface area contributed by atoms with Crippen LogP contribution in [0, 0.1) is 6.92 Å². The molecule has 0 radical (unpaired) electrons. The summed E-state index contributed by atoms with van der Waals surface area (Å²) in [6.07, 6.45) is 0.